The Bertz CT molecular complexity index is 114. The van der Waals surface area contributed by atoms with E-state index in [0.29, 0.717) is 6.17 Å². The van der Waals surface area contributed by atoms with Crippen molar-refractivity contribution in [2.45, 2.75) is 6.17 Å². The van der Waals surface area contributed by atoms with Crippen molar-refractivity contribution in [1.29, 1.82) is 0 Å². The third kappa shape index (κ3) is 1.95. The van der Waals surface area contributed by atoms with E-state index in [1.54, 1.807) is 0 Å². The summed E-state index contributed by atoms with van der Waals surface area (Å²) < 4.78 is 5.30. The van der Waals surface area contributed by atoms with Crippen LogP contribution in [0, 0.1) is 0 Å². The Kier molecular flexibility index (Phi) is 2.94. The predicted molar refractivity (Wildman–Crippen MR) is 47.1 cm³/mol. The molecular formula is C8H17N3O. The minimum Gasteiger partial charge on any atom is -0.379 e. The first-order valence-corrected chi connectivity index (χ1v) is 4.73. The molecule has 0 saturated carbocycles. The fourth-order valence-electron chi connectivity index (χ4n) is 1.79. The molecule has 0 spiro atoms. The Morgan fingerprint density at radius 3 is 2.67 bits per heavy atom. The molecule has 2 N–H and O–H groups in total. The van der Waals surface area contributed by atoms with Gasteiger partial charge in [0.1, 0.15) is 0 Å². The first kappa shape index (κ1) is 8.44. The van der Waals surface area contributed by atoms with Gasteiger partial charge in [0.05, 0.1) is 19.4 Å². The monoisotopic (exact) mass is 171 g/mol. The summed E-state index contributed by atoms with van der Waals surface area (Å²) in [4.78, 5) is 2.45. The van der Waals surface area contributed by atoms with Crippen LogP contribution < -0.4 is 10.6 Å². The van der Waals surface area contributed by atoms with E-state index < -0.39 is 0 Å². The molecular weight excluding hydrogens is 154 g/mol. The highest BCUT2D eigenvalue weighted by molar-refractivity contribution is 4.77. The molecule has 2 saturated heterocycles. The van der Waals surface area contributed by atoms with E-state index in [1.165, 1.54) is 0 Å². The molecule has 2 rings (SSSR count). The van der Waals surface area contributed by atoms with Gasteiger partial charge in [-0.25, -0.2) is 0 Å². The van der Waals surface area contributed by atoms with E-state index >= 15 is 0 Å². The minimum atomic E-state index is 0.530. The van der Waals surface area contributed by atoms with Gasteiger partial charge in [0.2, 0.25) is 0 Å². The van der Waals surface area contributed by atoms with Crippen molar-refractivity contribution in [3.05, 3.63) is 0 Å². The lowest BCUT2D eigenvalue weighted by molar-refractivity contribution is 0.00592. The van der Waals surface area contributed by atoms with Crippen molar-refractivity contribution < 1.29 is 4.74 Å². The molecule has 2 aliphatic heterocycles. The van der Waals surface area contributed by atoms with Crippen LogP contribution >= 0.6 is 0 Å². The molecule has 2 fully saturated rings. The van der Waals surface area contributed by atoms with Gasteiger partial charge in [0.15, 0.2) is 0 Å². The van der Waals surface area contributed by atoms with Crippen molar-refractivity contribution in [2.24, 2.45) is 0 Å². The molecule has 12 heavy (non-hydrogen) atoms. The van der Waals surface area contributed by atoms with Crippen LogP contribution in [-0.2, 0) is 4.74 Å². The summed E-state index contributed by atoms with van der Waals surface area (Å²) >= 11 is 0. The minimum absolute atomic E-state index is 0.530. The first-order chi connectivity index (χ1) is 5.97. The van der Waals surface area contributed by atoms with Crippen molar-refractivity contribution >= 4 is 0 Å². The Labute approximate surface area is 73.3 Å². The molecule has 4 nitrogen and oxygen atoms in total. The summed E-state index contributed by atoms with van der Waals surface area (Å²) in [5.41, 5.74) is 0. The number of nitrogens with one attached hydrogen (secondary N) is 2. The van der Waals surface area contributed by atoms with Crippen LogP contribution in [0.1, 0.15) is 0 Å². The van der Waals surface area contributed by atoms with E-state index in [-0.39, 0.29) is 0 Å². The standard InChI is InChI=1S/C8H17N3O/c1-2-10-8(7-9-1)11-3-5-12-6-4-11/h8-10H,1-7H2. The van der Waals surface area contributed by atoms with Crippen LogP contribution in [0.2, 0.25) is 0 Å². The van der Waals surface area contributed by atoms with Gasteiger partial charge in [-0.05, 0) is 0 Å². The Morgan fingerprint density at radius 1 is 1.17 bits per heavy atom. The molecule has 1 atom stereocenters. The number of hydrogen-bond donors (Lipinski definition) is 2. The van der Waals surface area contributed by atoms with Crippen LogP contribution in [0.15, 0.2) is 0 Å². The largest absolute Gasteiger partial charge is 0.379 e. The molecule has 0 aromatic carbocycles. The molecule has 0 amide bonds. The average molecular weight is 171 g/mol. The second-order valence-electron chi connectivity index (χ2n) is 3.32. The lowest BCUT2D eigenvalue weighted by Crippen LogP contribution is -2.59. The van der Waals surface area contributed by atoms with Gasteiger partial charge in [-0.1, -0.05) is 0 Å². The van der Waals surface area contributed by atoms with Gasteiger partial charge in [0.25, 0.3) is 0 Å². The van der Waals surface area contributed by atoms with Crippen LogP contribution in [0.3, 0.4) is 0 Å². The van der Waals surface area contributed by atoms with E-state index in [4.69, 9.17) is 4.74 Å². The van der Waals surface area contributed by atoms with Crippen LogP contribution in [-0.4, -0.2) is 57.0 Å². The third-order valence-electron chi connectivity index (χ3n) is 2.51. The maximum absolute atomic E-state index is 5.30. The van der Waals surface area contributed by atoms with E-state index in [0.717, 1.165) is 45.9 Å². The number of hydrogen-bond acceptors (Lipinski definition) is 4. The zero-order chi connectivity index (χ0) is 8.23. The summed E-state index contributed by atoms with van der Waals surface area (Å²) in [6.45, 7) is 7.16. The van der Waals surface area contributed by atoms with Gasteiger partial charge < -0.3 is 10.1 Å². The molecule has 2 heterocycles. The number of rotatable bonds is 1. The molecule has 0 radical (unpaired) electrons. The fourth-order valence-corrected chi connectivity index (χ4v) is 1.79. The van der Waals surface area contributed by atoms with Gasteiger partial charge >= 0.3 is 0 Å². The fraction of sp³-hybridized carbons (Fsp3) is 1.00. The highest BCUT2D eigenvalue weighted by Gasteiger charge is 2.21. The van der Waals surface area contributed by atoms with Gasteiger partial charge in [-0.3, -0.25) is 10.2 Å². The van der Waals surface area contributed by atoms with Crippen molar-refractivity contribution in [1.82, 2.24) is 15.5 Å². The normalized spacial score (nSPS) is 33.5. The summed E-state index contributed by atoms with van der Waals surface area (Å²) in [7, 11) is 0. The summed E-state index contributed by atoms with van der Waals surface area (Å²) in [6.07, 6.45) is 0.530. The highest BCUT2D eigenvalue weighted by Crippen LogP contribution is 2.02. The highest BCUT2D eigenvalue weighted by atomic mass is 16.5. The Balaban J connectivity index is 1.80. The van der Waals surface area contributed by atoms with Gasteiger partial charge in [-0.2, -0.15) is 0 Å². The second kappa shape index (κ2) is 4.18. The molecule has 1 unspecified atom stereocenters. The van der Waals surface area contributed by atoms with Crippen molar-refractivity contribution in [2.75, 3.05) is 45.9 Å². The van der Waals surface area contributed by atoms with Crippen LogP contribution in [0.4, 0.5) is 0 Å². The molecule has 4 heteroatoms. The molecule has 0 bridgehead atoms. The molecule has 0 aromatic heterocycles. The SMILES string of the molecule is C1CNC(N2CCOCC2)CN1. The van der Waals surface area contributed by atoms with Crippen molar-refractivity contribution in [3.63, 3.8) is 0 Å². The lowest BCUT2D eigenvalue weighted by atomic mass is 10.3. The Morgan fingerprint density at radius 2 is 2.00 bits per heavy atom. The van der Waals surface area contributed by atoms with E-state index in [9.17, 15) is 0 Å². The maximum atomic E-state index is 5.30. The lowest BCUT2D eigenvalue weighted by Gasteiger charge is -2.37. The van der Waals surface area contributed by atoms with Crippen LogP contribution in [0.25, 0.3) is 0 Å². The van der Waals surface area contributed by atoms with Gasteiger partial charge in [-0.15, -0.1) is 0 Å². The summed E-state index contributed by atoms with van der Waals surface area (Å²) in [5.74, 6) is 0. The summed E-state index contributed by atoms with van der Waals surface area (Å²) in [6, 6.07) is 0. The zero-order valence-electron chi connectivity index (χ0n) is 7.38. The first-order valence-electron chi connectivity index (χ1n) is 4.73. The zero-order valence-corrected chi connectivity index (χ0v) is 7.38. The number of morpholine rings is 1. The van der Waals surface area contributed by atoms with Gasteiger partial charge in [0, 0.05) is 32.7 Å². The van der Waals surface area contributed by atoms with E-state index in [1.807, 2.05) is 0 Å². The molecule has 0 aliphatic carbocycles. The number of nitrogens with zero attached hydrogens (tertiary/aromatic N) is 1. The smallest absolute Gasteiger partial charge is 0.0727 e. The third-order valence-corrected chi connectivity index (χ3v) is 2.51. The van der Waals surface area contributed by atoms with E-state index in [2.05, 4.69) is 15.5 Å². The average Bonchev–Trinajstić information content (AvgIpc) is 2.21. The predicted octanol–water partition coefficient (Wildman–Crippen LogP) is -1.16. The number of ether oxygens (including phenoxy) is 1. The Hall–Kier alpha value is -0.160. The summed E-state index contributed by atoms with van der Waals surface area (Å²) in [5, 5.41) is 6.88. The topological polar surface area (TPSA) is 36.5 Å². The molecule has 70 valence electrons. The molecule has 2 aliphatic rings. The molecule has 0 aromatic rings. The van der Waals surface area contributed by atoms with Crippen LogP contribution in [0.5, 0.6) is 0 Å². The number of piperazine rings is 1. The quantitative estimate of drug-likeness (QED) is 0.522. The maximum Gasteiger partial charge on any atom is 0.0727 e. The van der Waals surface area contributed by atoms with Crippen molar-refractivity contribution in [3.8, 4) is 0 Å². The second-order valence-corrected chi connectivity index (χ2v) is 3.32.